The molecule has 1 N–H and O–H groups in total. The Morgan fingerprint density at radius 2 is 1.91 bits per heavy atom. The van der Waals surface area contributed by atoms with E-state index >= 15 is 0 Å². The van der Waals surface area contributed by atoms with Crippen LogP contribution in [0, 0.1) is 5.41 Å². The van der Waals surface area contributed by atoms with E-state index in [2.05, 4.69) is 10.2 Å². The molecule has 0 saturated carbocycles. The number of ether oxygens (including phenoxy) is 2. The number of fused-ring (bicyclic) bond motifs is 4. The lowest BCUT2D eigenvalue weighted by Gasteiger charge is -2.49. The highest BCUT2D eigenvalue weighted by molar-refractivity contribution is 6.32. The zero-order valence-electron chi connectivity index (χ0n) is 19.1. The molecule has 178 valence electrons. The van der Waals surface area contributed by atoms with Gasteiger partial charge in [-0.1, -0.05) is 23.7 Å². The van der Waals surface area contributed by atoms with Crippen LogP contribution in [0.5, 0.6) is 11.5 Å². The molecule has 2 aromatic rings. The van der Waals surface area contributed by atoms with Crippen LogP contribution >= 0.6 is 11.6 Å². The molecule has 3 aliphatic heterocycles. The minimum absolute atomic E-state index is 0.136. The van der Waals surface area contributed by atoms with E-state index in [4.69, 9.17) is 21.1 Å². The van der Waals surface area contributed by atoms with Gasteiger partial charge in [0.25, 0.3) is 0 Å². The molecule has 3 aliphatic rings. The first-order chi connectivity index (χ1) is 16.4. The number of carbonyl (C=O) groups is 3. The summed E-state index contributed by atoms with van der Waals surface area (Å²) in [4.78, 5) is 43.4. The van der Waals surface area contributed by atoms with E-state index in [0.717, 1.165) is 29.8 Å². The molecule has 4 amide bonds. The van der Waals surface area contributed by atoms with E-state index in [1.165, 1.54) is 4.90 Å². The zero-order valence-corrected chi connectivity index (χ0v) is 19.9. The van der Waals surface area contributed by atoms with E-state index in [-0.39, 0.29) is 19.0 Å². The molecule has 0 unspecified atom stereocenters. The Morgan fingerprint density at radius 3 is 2.68 bits per heavy atom. The highest BCUT2D eigenvalue weighted by atomic mass is 35.5. The van der Waals surface area contributed by atoms with Gasteiger partial charge in [-0.25, -0.2) is 4.79 Å². The summed E-state index contributed by atoms with van der Waals surface area (Å²) in [6.07, 6.45) is 2.14. The molecular weight excluding hydrogens is 458 g/mol. The molecule has 8 nitrogen and oxygen atoms in total. The van der Waals surface area contributed by atoms with Crippen molar-refractivity contribution >= 4 is 35.1 Å². The first-order valence-electron chi connectivity index (χ1n) is 11.3. The number of urea groups is 1. The van der Waals surface area contributed by atoms with Gasteiger partial charge in [0, 0.05) is 30.2 Å². The van der Waals surface area contributed by atoms with E-state index < -0.39 is 23.3 Å². The molecule has 2 aromatic carbocycles. The second-order valence-electron chi connectivity index (χ2n) is 8.89. The van der Waals surface area contributed by atoms with Crippen LogP contribution in [0.3, 0.4) is 0 Å². The van der Waals surface area contributed by atoms with E-state index in [9.17, 15) is 14.4 Å². The number of amides is 4. The Hall–Kier alpha value is -3.26. The summed E-state index contributed by atoms with van der Waals surface area (Å²) in [7, 11) is 3.11. The fourth-order valence-corrected chi connectivity index (χ4v) is 5.83. The number of carbonyl (C=O) groups excluding carboxylic acids is 3. The van der Waals surface area contributed by atoms with Crippen molar-refractivity contribution in [2.75, 3.05) is 32.2 Å². The summed E-state index contributed by atoms with van der Waals surface area (Å²) in [6, 6.07) is 10.1. The lowest BCUT2D eigenvalue weighted by atomic mass is 9.68. The first kappa shape index (κ1) is 22.5. The van der Waals surface area contributed by atoms with Gasteiger partial charge in [-0.15, -0.1) is 0 Å². The van der Waals surface area contributed by atoms with Crippen molar-refractivity contribution in [2.45, 2.75) is 31.7 Å². The third kappa shape index (κ3) is 3.31. The molecule has 0 aliphatic carbocycles. The van der Waals surface area contributed by atoms with Gasteiger partial charge in [0.1, 0.15) is 0 Å². The number of halogens is 1. The number of rotatable bonds is 5. The maximum Gasteiger partial charge on any atom is 0.330 e. The van der Waals surface area contributed by atoms with Crippen LogP contribution in [-0.2, 0) is 22.4 Å². The van der Waals surface area contributed by atoms with Crippen molar-refractivity contribution in [3.05, 3.63) is 52.5 Å². The fraction of sp³-hybridized carbons (Fsp3) is 0.400. The number of benzene rings is 2. The minimum atomic E-state index is -1.39. The normalized spacial score (nSPS) is 23.6. The highest BCUT2D eigenvalue weighted by Crippen LogP contribution is 2.49. The molecule has 2 fully saturated rings. The maximum absolute atomic E-state index is 14.0. The SMILES string of the molecule is COc1ccc(CCN2C(=O)NC(=O)[C@]3(Cc4c(Cl)cccc4N4CCC[C@H]43)C2=O)cc1OC. The van der Waals surface area contributed by atoms with Gasteiger partial charge in [0.2, 0.25) is 11.8 Å². The summed E-state index contributed by atoms with van der Waals surface area (Å²) in [5.74, 6) is 0.180. The Balaban J connectivity index is 1.47. The zero-order chi connectivity index (χ0) is 24.0. The summed E-state index contributed by atoms with van der Waals surface area (Å²) in [5, 5.41) is 3.00. The van der Waals surface area contributed by atoms with E-state index in [1.54, 1.807) is 26.4 Å². The Morgan fingerprint density at radius 1 is 1.12 bits per heavy atom. The van der Waals surface area contributed by atoms with Crippen molar-refractivity contribution in [2.24, 2.45) is 5.41 Å². The standard InChI is InChI=1S/C25H26ClN3O5/c1-33-19-9-8-15(13-20(19)34-2)10-12-29-23(31)25(22(30)27-24(29)32)14-16-17(26)5-3-6-18(16)28-11-4-7-21(25)28/h3,5-6,8-9,13,21H,4,7,10-12,14H2,1-2H3,(H,27,30,32)/t21-,25+/m0/s1. The number of anilines is 1. The Labute approximate surface area is 202 Å². The Kier molecular flexibility index (Phi) is 5.64. The van der Waals surface area contributed by atoms with E-state index in [1.807, 2.05) is 24.3 Å². The van der Waals surface area contributed by atoms with Gasteiger partial charge in [0.05, 0.1) is 20.3 Å². The van der Waals surface area contributed by atoms with Crippen molar-refractivity contribution in [1.82, 2.24) is 10.2 Å². The molecule has 0 radical (unpaired) electrons. The number of hydrogen-bond acceptors (Lipinski definition) is 6. The van der Waals surface area contributed by atoms with Crippen molar-refractivity contribution in [3.8, 4) is 11.5 Å². The average molecular weight is 484 g/mol. The van der Waals surface area contributed by atoms with Crippen molar-refractivity contribution < 1.29 is 23.9 Å². The third-order valence-corrected chi connectivity index (χ3v) is 7.60. The lowest BCUT2D eigenvalue weighted by Crippen LogP contribution is -2.71. The van der Waals surface area contributed by atoms with Crippen LogP contribution in [0.2, 0.25) is 5.02 Å². The monoisotopic (exact) mass is 483 g/mol. The second kappa shape index (κ2) is 8.51. The molecular formula is C25H26ClN3O5. The highest BCUT2D eigenvalue weighted by Gasteiger charge is 2.62. The van der Waals surface area contributed by atoms with Crippen LogP contribution in [0.15, 0.2) is 36.4 Å². The molecule has 0 aromatic heterocycles. The second-order valence-corrected chi connectivity index (χ2v) is 9.30. The molecule has 9 heteroatoms. The van der Waals surface area contributed by atoms with Crippen LogP contribution in [0.4, 0.5) is 10.5 Å². The van der Waals surface area contributed by atoms with Crippen LogP contribution in [0.1, 0.15) is 24.0 Å². The fourth-order valence-electron chi connectivity index (χ4n) is 5.59. The predicted molar refractivity (Wildman–Crippen MR) is 126 cm³/mol. The topological polar surface area (TPSA) is 88.2 Å². The minimum Gasteiger partial charge on any atom is -0.493 e. The number of nitrogens with zero attached hydrogens (tertiary/aromatic N) is 2. The largest absolute Gasteiger partial charge is 0.493 e. The summed E-state index contributed by atoms with van der Waals surface area (Å²) in [6.45, 7) is 0.872. The van der Waals surface area contributed by atoms with Crippen LogP contribution in [-0.4, -0.2) is 56.1 Å². The van der Waals surface area contributed by atoms with Gasteiger partial charge in [-0.3, -0.25) is 19.8 Å². The molecule has 2 atom stereocenters. The summed E-state index contributed by atoms with van der Waals surface area (Å²) >= 11 is 6.52. The molecule has 2 saturated heterocycles. The third-order valence-electron chi connectivity index (χ3n) is 7.25. The molecule has 5 rings (SSSR count). The first-order valence-corrected chi connectivity index (χ1v) is 11.7. The lowest BCUT2D eigenvalue weighted by molar-refractivity contribution is -0.153. The van der Waals surface area contributed by atoms with Crippen molar-refractivity contribution in [1.29, 1.82) is 0 Å². The molecule has 1 spiro atoms. The summed E-state index contributed by atoms with van der Waals surface area (Å²) < 4.78 is 10.6. The smallest absolute Gasteiger partial charge is 0.330 e. The number of barbiturate groups is 1. The van der Waals surface area contributed by atoms with Crippen LogP contribution in [0.25, 0.3) is 0 Å². The van der Waals surface area contributed by atoms with E-state index in [0.29, 0.717) is 29.4 Å². The number of nitrogens with one attached hydrogen (secondary N) is 1. The summed E-state index contributed by atoms with van der Waals surface area (Å²) in [5.41, 5.74) is 1.23. The molecule has 34 heavy (non-hydrogen) atoms. The Bertz CT molecular complexity index is 1190. The van der Waals surface area contributed by atoms with Gasteiger partial charge in [0.15, 0.2) is 16.9 Å². The quantitative estimate of drug-likeness (QED) is 0.657. The van der Waals surface area contributed by atoms with Gasteiger partial charge >= 0.3 is 6.03 Å². The number of hydrogen-bond donors (Lipinski definition) is 1. The maximum atomic E-state index is 14.0. The number of imide groups is 2. The average Bonchev–Trinajstić information content (AvgIpc) is 3.34. The van der Waals surface area contributed by atoms with Gasteiger partial charge < -0.3 is 14.4 Å². The van der Waals surface area contributed by atoms with Crippen LogP contribution < -0.4 is 19.7 Å². The van der Waals surface area contributed by atoms with Gasteiger partial charge in [-0.05, 0) is 54.7 Å². The molecule has 3 heterocycles. The van der Waals surface area contributed by atoms with Gasteiger partial charge in [-0.2, -0.15) is 0 Å². The molecule has 0 bridgehead atoms. The number of methoxy groups -OCH3 is 2. The predicted octanol–water partition coefficient (Wildman–Crippen LogP) is 3.19. The van der Waals surface area contributed by atoms with Crippen molar-refractivity contribution in [3.63, 3.8) is 0 Å².